The van der Waals surface area contributed by atoms with Gasteiger partial charge in [-0.2, -0.15) is 0 Å². The molecule has 2 N–H and O–H groups in total. The van der Waals surface area contributed by atoms with E-state index >= 15 is 0 Å². The summed E-state index contributed by atoms with van der Waals surface area (Å²) in [5, 5.41) is 16.4. The molecule has 0 unspecified atom stereocenters. The molecule has 1 amide bonds. The summed E-state index contributed by atoms with van der Waals surface area (Å²) in [4.78, 5) is 21.8. The molecule has 0 spiro atoms. The average molecular weight is 329 g/mol. The van der Waals surface area contributed by atoms with Crippen molar-refractivity contribution in [3.05, 3.63) is 64.7 Å². The van der Waals surface area contributed by atoms with E-state index in [1.54, 1.807) is 12.1 Å². The zero-order chi connectivity index (χ0) is 17.2. The number of carbonyl (C=O) groups is 1. The van der Waals surface area contributed by atoms with Crippen molar-refractivity contribution in [2.45, 2.75) is 6.42 Å². The van der Waals surface area contributed by atoms with Crippen LogP contribution in [0, 0.1) is 10.1 Å². The van der Waals surface area contributed by atoms with Crippen molar-refractivity contribution < 1.29 is 14.5 Å². The largest absolute Gasteiger partial charge is 0.493 e. The van der Waals surface area contributed by atoms with Gasteiger partial charge in [-0.25, -0.2) is 0 Å². The van der Waals surface area contributed by atoms with Crippen molar-refractivity contribution >= 4 is 17.3 Å². The van der Waals surface area contributed by atoms with Gasteiger partial charge in [-0.05, 0) is 24.3 Å². The average Bonchev–Trinajstić information content (AvgIpc) is 2.60. The van der Waals surface area contributed by atoms with Crippen molar-refractivity contribution in [1.29, 1.82) is 0 Å². The number of hydrogen-bond donors (Lipinski definition) is 2. The van der Waals surface area contributed by atoms with Crippen LogP contribution < -0.4 is 15.4 Å². The molecular formula is C17H19N3O4. The summed E-state index contributed by atoms with van der Waals surface area (Å²) in [6, 6.07) is 15.5. The van der Waals surface area contributed by atoms with Gasteiger partial charge in [0.2, 0.25) is 5.91 Å². The van der Waals surface area contributed by atoms with Crippen LogP contribution in [0.5, 0.6) is 5.75 Å². The van der Waals surface area contributed by atoms with Crippen molar-refractivity contribution in [1.82, 2.24) is 5.32 Å². The Hall–Kier alpha value is -3.09. The number of ether oxygens (including phenoxy) is 1. The van der Waals surface area contributed by atoms with E-state index in [9.17, 15) is 14.9 Å². The molecule has 0 radical (unpaired) electrons. The second-order valence-corrected chi connectivity index (χ2v) is 4.99. The van der Waals surface area contributed by atoms with Gasteiger partial charge in [-0.15, -0.1) is 0 Å². The number of nitrogens with zero attached hydrogens (tertiary/aromatic N) is 1. The number of nitro benzene ring substituents is 1. The van der Waals surface area contributed by atoms with Gasteiger partial charge in [0.25, 0.3) is 5.69 Å². The van der Waals surface area contributed by atoms with E-state index in [0.717, 1.165) is 11.4 Å². The second-order valence-electron chi connectivity index (χ2n) is 4.99. The van der Waals surface area contributed by atoms with Crippen LogP contribution in [0.2, 0.25) is 0 Å². The van der Waals surface area contributed by atoms with E-state index in [4.69, 9.17) is 4.74 Å². The highest BCUT2D eigenvalue weighted by atomic mass is 16.6. The van der Waals surface area contributed by atoms with Crippen LogP contribution in [0.3, 0.4) is 0 Å². The topological polar surface area (TPSA) is 93.5 Å². The van der Waals surface area contributed by atoms with E-state index in [0.29, 0.717) is 19.7 Å². The van der Waals surface area contributed by atoms with Crippen LogP contribution in [-0.4, -0.2) is 30.5 Å². The zero-order valence-corrected chi connectivity index (χ0v) is 13.1. The Kier molecular flexibility index (Phi) is 6.58. The van der Waals surface area contributed by atoms with Crippen molar-refractivity contribution in [3.63, 3.8) is 0 Å². The van der Waals surface area contributed by atoms with E-state index in [-0.39, 0.29) is 18.0 Å². The monoisotopic (exact) mass is 329 g/mol. The van der Waals surface area contributed by atoms with Gasteiger partial charge >= 0.3 is 0 Å². The van der Waals surface area contributed by atoms with Crippen LogP contribution in [0.25, 0.3) is 0 Å². The fraction of sp³-hybridized carbons (Fsp3) is 0.235. The van der Waals surface area contributed by atoms with Crippen LogP contribution >= 0.6 is 0 Å². The normalized spacial score (nSPS) is 10.0. The minimum absolute atomic E-state index is 0.0484. The molecule has 0 aliphatic carbocycles. The zero-order valence-electron chi connectivity index (χ0n) is 13.1. The SMILES string of the molecule is O=C(CCOc1ccccc1)NCCNc1ccc([N+](=O)[O-])cc1. The molecule has 126 valence electrons. The number of amides is 1. The Balaban J connectivity index is 1.58. The molecule has 0 fully saturated rings. The molecule has 0 heterocycles. The highest BCUT2D eigenvalue weighted by Crippen LogP contribution is 2.14. The van der Waals surface area contributed by atoms with Gasteiger partial charge in [-0.3, -0.25) is 14.9 Å². The van der Waals surface area contributed by atoms with Gasteiger partial charge < -0.3 is 15.4 Å². The third-order valence-corrected chi connectivity index (χ3v) is 3.20. The fourth-order valence-electron chi connectivity index (χ4n) is 1.98. The van der Waals surface area contributed by atoms with Crippen LogP contribution in [-0.2, 0) is 4.79 Å². The van der Waals surface area contributed by atoms with Crippen LogP contribution in [0.15, 0.2) is 54.6 Å². The maximum atomic E-state index is 11.7. The summed E-state index contributed by atoms with van der Waals surface area (Å²) >= 11 is 0. The number of anilines is 1. The molecule has 7 heteroatoms. The van der Waals surface area contributed by atoms with Gasteiger partial charge in [0.15, 0.2) is 0 Å². The first-order valence-electron chi connectivity index (χ1n) is 7.58. The molecule has 0 bridgehead atoms. The smallest absolute Gasteiger partial charge is 0.269 e. The van der Waals surface area contributed by atoms with Gasteiger partial charge in [0.1, 0.15) is 5.75 Å². The Bertz CT molecular complexity index is 659. The molecule has 0 atom stereocenters. The number of rotatable bonds is 9. The number of non-ortho nitro benzene ring substituents is 1. The number of benzene rings is 2. The summed E-state index contributed by atoms with van der Waals surface area (Å²) in [5.74, 6) is 0.654. The van der Waals surface area contributed by atoms with Crippen LogP contribution in [0.4, 0.5) is 11.4 Å². The minimum atomic E-state index is -0.443. The molecular weight excluding hydrogens is 310 g/mol. The third-order valence-electron chi connectivity index (χ3n) is 3.20. The van der Waals surface area contributed by atoms with Crippen LogP contribution in [0.1, 0.15) is 6.42 Å². The first-order chi connectivity index (χ1) is 11.6. The maximum Gasteiger partial charge on any atom is 0.269 e. The highest BCUT2D eigenvalue weighted by Gasteiger charge is 2.04. The second kappa shape index (κ2) is 9.14. The predicted molar refractivity (Wildman–Crippen MR) is 91.1 cm³/mol. The lowest BCUT2D eigenvalue weighted by Crippen LogP contribution is -2.29. The molecule has 0 aliphatic heterocycles. The lowest BCUT2D eigenvalue weighted by molar-refractivity contribution is -0.384. The van der Waals surface area contributed by atoms with E-state index in [1.165, 1.54) is 12.1 Å². The van der Waals surface area contributed by atoms with Gasteiger partial charge in [-0.1, -0.05) is 18.2 Å². The van der Waals surface area contributed by atoms with E-state index in [2.05, 4.69) is 10.6 Å². The predicted octanol–water partition coefficient (Wildman–Crippen LogP) is 2.59. The van der Waals surface area contributed by atoms with Crippen molar-refractivity contribution in [2.24, 2.45) is 0 Å². The first-order valence-corrected chi connectivity index (χ1v) is 7.58. The summed E-state index contributed by atoms with van der Waals surface area (Å²) in [5.41, 5.74) is 0.814. The third kappa shape index (κ3) is 5.96. The molecule has 0 aliphatic rings. The highest BCUT2D eigenvalue weighted by molar-refractivity contribution is 5.76. The number of nitro groups is 1. The summed E-state index contributed by atoms with van der Waals surface area (Å²) in [7, 11) is 0. The number of nitrogens with one attached hydrogen (secondary N) is 2. The molecule has 0 saturated heterocycles. The molecule has 0 saturated carbocycles. The number of hydrogen-bond acceptors (Lipinski definition) is 5. The lowest BCUT2D eigenvalue weighted by Gasteiger charge is -2.09. The minimum Gasteiger partial charge on any atom is -0.493 e. The maximum absolute atomic E-state index is 11.7. The number of para-hydroxylation sites is 1. The lowest BCUT2D eigenvalue weighted by atomic mass is 10.3. The van der Waals surface area contributed by atoms with Gasteiger partial charge in [0, 0.05) is 30.9 Å². The molecule has 2 rings (SSSR count). The first kappa shape index (κ1) is 17.3. The molecule has 2 aromatic rings. The Labute approximate surface area is 139 Å². The van der Waals surface area contributed by atoms with Gasteiger partial charge in [0.05, 0.1) is 18.0 Å². The van der Waals surface area contributed by atoms with E-state index in [1.807, 2.05) is 30.3 Å². The number of carbonyl (C=O) groups excluding carboxylic acids is 1. The van der Waals surface area contributed by atoms with Crippen molar-refractivity contribution in [2.75, 3.05) is 25.0 Å². The quantitative estimate of drug-likeness (QED) is 0.419. The molecule has 7 nitrogen and oxygen atoms in total. The molecule has 24 heavy (non-hydrogen) atoms. The molecule has 2 aromatic carbocycles. The van der Waals surface area contributed by atoms with E-state index < -0.39 is 4.92 Å². The standard InChI is InChI=1S/C17H19N3O4/c21-17(10-13-24-16-4-2-1-3-5-16)19-12-11-18-14-6-8-15(9-7-14)20(22)23/h1-9,18H,10-13H2,(H,19,21). The Morgan fingerprint density at radius 3 is 2.42 bits per heavy atom. The summed E-state index contributed by atoms with van der Waals surface area (Å²) < 4.78 is 5.45. The Morgan fingerprint density at radius 1 is 1.04 bits per heavy atom. The molecule has 0 aromatic heterocycles. The summed E-state index contributed by atoms with van der Waals surface area (Å²) in [6.45, 7) is 1.32. The summed E-state index contributed by atoms with van der Waals surface area (Å²) in [6.07, 6.45) is 0.284. The fourth-order valence-corrected chi connectivity index (χ4v) is 1.98. The Morgan fingerprint density at radius 2 is 1.75 bits per heavy atom. The van der Waals surface area contributed by atoms with Crippen molar-refractivity contribution in [3.8, 4) is 5.75 Å².